The molecule has 2 aromatic rings. The molecular formula is C21H19F3N4O3. The summed E-state index contributed by atoms with van der Waals surface area (Å²) in [6.07, 6.45) is 2.68. The number of benzene rings is 1. The number of rotatable bonds is 5. The first-order chi connectivity index (χ1) is 14.8. The Balaban J connectivity index is 1.49. The highest BCUT2D eigenvalue weighted by Crippen LogP contribution is 2.33. The Morgan fingerprint density at radius 3 is 2.94 bits per heavy atom. The van der Waals surface area contributed by atoms with E-state index in [1.54, 1.807) is 24.3 Å². The molecule has 7 nitrogen and oxygen atoms in total. The first kappa shape index (κ1) is 20.9. The number of hydrogen-bond donors (Lipinski definition) is 2. The van der Waals surface area contributed by atoms with Crippen molar-refractivity contribution < 1.29 is 27.8 Å². The number of aryl methyl sites for hydroxylation is 1. The zero-order chi connectivity index (χ0) is 22.0. The molecule has 0 bridgehead atoms. The number of allylic oxidation sites excluding steroid dienone is 2. The van der Waals surface area contributed by atoms with Crippen LogP contribution in [0.3, 0.4) is 0 Å². The van der Waals surface area contributed by atoms with E-state index < -0.39 is 30.5 Å². The van der Waals surface area contributed by atoms with Gasteiger partial charge in [-0.1, -0.05) is 12.2 Å². The number of halogens is 3. The first-order valence-corrected chi connectivity index (χ1v) is 9.62. The van der Waals surface area contributed by atoms with Crippen LogP contribution in [-0.4, -0.2) is 39.7 Å². The number of nitrogens with zero attached hydrogens (tertiary/aromatic N) is 3. The van der Waals surface area contributed by atoms with Gasteiger partial charge in [0, 0.05) is 18.0 Å². The van der Waals surface area contributed by atoms with Crippen molar-refractivity contribution in [1.29, 1.82) is 0 Å². The second-order valence-corrected chi connectivity index (χ2v) is 7.08. The fraction of sp³-hybridized carbons (Fsp3) is 0.286. The first-order valence-electron chi connectivity index (χ1n) is 9.62. The van der Waals surface area contributed by atoms with E-state index in [2.05, 4.69) is 15.4 Å². The van der Waals surface area contributed by atoms with Gasteiger partial charge < -0.3 is 15.2 Å². The number of nitrogens with one attached hydrogen (secondary N) is 1. The van der Waals surface area contributed by atoms with E-state index in [1.807, 2.05) is 12.3 Å². The number of ether oxygens (including phenoxy) is 1. The minimum absolute atomic E-state index is 0.128. The molecule has 0 saturated carbocycles. The number of amides is 1. The molecule has 10 heteroatoms. The van der Waals surface area contributed by atoms with Crippen LogP contribution in [0.15, 0.2) is 47.5 Å². The predicted octanol–water partition coefficient (Wildman–Crippen LogP) is 3.73. The number of aliphatic hydroxyl groups is 1. The van der Waals surface area contributed by atoms with Gasteiger partial charge >= 0.3 is 6.18 Å². The lowest BCUT2D eigenvalue weighted by atomic mass is 10.0. The van der Waals surface area contributed by atoms with Gasteiger partial charge in [-0.05, 0) is 49.1 Å². The van der Waals surface area contributed by atoms with Crippen molar-refractivity contribution in [2.24, 2.45) is 4.99 Å². The van der Waals surface area contributed by atoms with Gasteiger partial charge in [0.05, 0.1) is 17.5 Å². The highest BCUT2D eigenvalue weighted by molar-refractivity contribution is 5.92. The highest BCUT2D eigenvalue weighted by atomic mass is 19.4. The monoisotopic (exact) mass is 432 g/mol. The third-order valence-electron chi connectivity index (χ3n) is 4.80. The molecule has 2 N–H and O–H groups in total. The minimum atomic E-state index is -4.70. The van der Waals surface area contributed by atoms with E-state index in [4.69, 9.17) is 4.74 Å². The third kappa shape index (κ3) is 4.69. The number of carbonyl (C=O) groups is 1. The molecule has 0 saturated heterocycles. The van der Waals surface area contributed by atoms with Gasteiger partial charge in [0.1, 0.15) is 0 Å². The summed E-state index contributed by atoms with van der Waals surface area (Å²) in [4.78, 5) is 16.6. The topological polar surface area (TPSA) is 88.7 Å². The van der Waals surface area contributed by atoms with E-state index in [-0.39, 0.29) is 18.0 Å². The Kier molecular flexibility index (Phi) is 5.64. The quantitative estimate of drug-likeness (QED) is 0.754. The molecule has 1 aromatic carbocycles. The summed E-state index contributed by atoms with van der Waals surface area (Å²) in [5, 5.41) is 16.3. The van der Waals surface area contributed by atoms with Crippen molar-refractivity contribution in [2.75, 3.05) is 11.9 Å². The standard InChI is InChI=1S/C21H19F3N4O3/c22-21(23,24)18-11-20(28(27-18)16-5-1-2-6-17(16)29)31-12-19(30)26-14-7-8-15-13(10-14)4-3-9-25-15/h1-2,5,7-11,17,29H,3-4,6,12H2,(H,26,30). The van der Waals surface area contributed by atoms with Gasteiger partial charge in [-0.3, -0.25) is 9.79 Å². The summed E-state index contributed by atoms with van der Waals surface area (Å²) < 4.78 is 45.7. The van der Waals surface area contributed by atoms with Crippen molar-refractivity contribution in [3.8, 4) is 5.88 Å². The summed E-state index contributed by atoms with van der Waals surface area (Å²) >= 11 is 0. The lowest BCUT2D eigenvalue weighted by Gasteiger charge is -2.18. The third-order valence-corrected chi connectivity index (χ3v) is 4.80. The van der Waals surface area contributed by atoms with Gasteiger partial charge in [-0.25, -0.2) is 4.68 Å². The lowest BCUT2D eigenvalue weighted by Crippen LogP contribution is -2.23. The van der Waals surface area contributed by atoms with Crippen LogP contribution in [0.2, 0.25) is 0 Å². The van der Waals surface area contributed by atoms with Gasteiger partial charge in [0.15, 0.2) is 12.3 Å². The van der Waals surface area contributed by atoms with Gasteiger partial charge in [0.2, 0.25) is 5.88 Å². The average molecular weight is 432 g/mol. The van der Waals surface area contributed by atoms with Crippen molar-refractivity contribution >= 4 is 29.2 Å². The van der Waals surface area contributed by atoms with Crippen LogP contribution in [0.5, 0.6) is 5.88 Å². The number of aliphatic imine (C=N–C) groups is 1. The number of aromatic nitrogens is 2. The van der Waals surface area contributed by atoms with Crippen molar-refractivity contribution in [3.63, 3.8) is 0 Å². The number of alkyl halides is 3. The zero-order valence-electron chi connectivity index (χ0n) is 16.3. The number of aliphatic hydroxyl groups excluding tert-OH is 1. The molecular weight excluding hydrogens is 413 g/mol. The second kappa shape index (κ2) is 8.38. The number of hydrogen-bond acceptors (Lipinski definition) is 5. The molecule has 31 heavy (non-hydrogen) atoms. The molecule has 2 aliphatic rings. The fourth-order valence-corrected chi connectivity index (χ4v) is 3.32. The van der Waals surface area contributed by atoms with Crippen LogP contribution in [0.25, 0.3) is 5.70 Å². The smallest absolute Gasteiger partial charge is 0.435 e. The van der Waals surface area contributed by atoms with Crippen LogP contribution in [0.1, 0.15) is 24.1 Å². The van der Waals surface area contributed by atoms with Crippen LogP contribution in [-0.2, 0) is 17.4 Å². The van der Waals surface area contributed by atoms with E-state index in [1.165, 1.54) is 6.08 Å². The molecule has 4 rings (SSSR count). The molecule has 1 aliphatic carbocycles. The summed E-state index contributed by atoms with van der Waals surface area (Å²) in [5.74, 6) is -0.832. The average Bonchev–Trinajstić information content (AvgIpc) is 3.17. The molecule has 1 atom stereocenters. The largest absolute Gasteiger partial charge is 0.467 e. The van der Waals surface area contributed by atoms with E-state index in [0.29, 0.717) is 11.8 Å². The molecule has 0 radical (unpaired) electrons. The number of anilines is 1. The molecule has 1 aliphatic heterocycles. The fourth-order valence-electron chi connectivity index (χ4n) is 3.32. The van der Waals surface area contributed by atoms with Crippen LogP contribution < -0.4 is 10.1 Å². The Labute approximate surface area is 175 Å². The summed E-state index contributed by atoms with van der Waals surface area (Å²) in [6.45, 7) is -0.530. The predicted molar refractivity (Wildman–Crippen MR) is 108 cm³/mol. The summed E-state index contributed by atoms with van der Waals surface area (Å²) in [6, 6.07) is 6.00. The molecule has 1 unspecified atom stereocenters. The molecule has 1 amide bonds. The van der Waals surface area contributed by atoms with Crippen LogP contribution in [0.4, 0.5) is 24.5 Å². The number of fused-ring (bicyclic) bond motifs is 1. The SMILES string of the molecule is O=C(COc1cc(C(F)(F)F)nn1C1=CC=CCC1O)Nc1ccc2c(c1)CCC=N2. The van der Waals surface area contributed by atoms with Gasteiger partial charge in [-0.2, -0.15) is 18.3 Å². The Morgan fingerprint density at radius 2 is 2.16 bits per heavy atom. The molecule has 2 heterocycles. The summed E-state index contributed by atoms with van der Waals surface area (Å²) in [7, 11) is 0. The molecule has 0 fully saturated rings. The second-order valence-electron chi connectivity index (χ2n) is 7.08. The Bertz CT molecular complexity index is 1090. The van der Waals surface area contributed by atoms with Crippen molar-refractivity contribution in [3.05, 3.63) is 53.8 Å². The maximum Gasteiger partial charge on any atom is 0.435 e. The van der Waals surface area contributed by atoms with Crippen molar-refractivity contribution in [2.45, 2.75) is 31.5 Å². The molecule has 0 spiro atoms. The van der Waals surface area contributed by atoms with E-state index in [0.717, 1.165) is 28.8 Å². The van der Waals surface area contributed by atoms with Crippen LogP contribution in [0, 0.1) is 0 Å². The zero-order valence-corrected chi connectivity index (χ0v) is 16.3. The van der Waals surface area contributed by atoms with Gasteiger partial charge in [0.25, 0.3) is 5.91 Å². The lowest BCUT2D eigenvalue weighted by molar-refractivity contribution is -0.141. The van der Waals surface area contributed by atoms with E-state index in [9.17, 15) is 23.1 Å². The highest BCUT2D eigenvalue weighted by Gasteiger charge is 2.36. The summed E-state index contributed by atoms with van der Waals surface area (Å²) in [5.41, 5.74) is 1.34. The van der Waals surface area contributed by atoms with E-state index >= 15 is 0 Å². The van der Waals surface area contributed by atoms with Crippen molar-refractivity contribution in [1.82, 2.24) is 9.78 Å². The Hall–Kier alpha value is -3.40. The Morgan fingerprint density at radius 1 is 1.32 bits per heavy atom. The molecule has 162 valence electrons. The number of carbonyl (C=O) groups excluding carboxylic acids is 1. The maximum atomic E-state index is 13.2. The molecule has 1 aromatic heterocycles. The maximum absolute atomic E-state index is 13.2. The normalized spacial score (nSPS) is 17.8. The van der Waals surface area contributed by atoms with Crippen LogP contribution >= 0.6 is 0 Å². The minimum Gasteiger partial charge on any atom is -0.467 e. The van der Waals surface area contributed by atoms with Gasteiger partial charge in [-0.15, -0.1) is 0 Å².